The molecule has 1 aliphatic heterocycles. The molecule has 136 valence electrons. The Morgan fingerprint density at radius 3 is 2.77 bits per heavy atom. The molecular weight excluding hydrogens is 373 g/mol. The first-order valence-corrected chi connectivity index (χ1v) is 9.41. The highest BCUT2D eigenvalue weighted by Crippen LogP contribution is 2.38. The Balaban J connectivity index is 1.44. The zero-order valence-electron chi connectivity index (χ0n) is 14.1. The van der Waals surface area contributed by atoms with Gasteiger partial charge in [0.05, 0.1) is 10.6 Å². The van der Waals surface area contributed by atoms with Crippen LogP contribution in [-0.4, -0.2) is 34.9 Å². The lowest BCUT2D eigenvalue weighted by Crippen LogP contribution is -2.33. The Bertz CT molecular complexity index is 828. The van der Waals surface area contributed by atoms with E-state index in [1.165, 1.54) is 6.20 Å². The second-order valence-corrected chi connectivity index (χ2v) is 7.70. The van der Waals surface area contributed by atoms with Crippen molar-refractivity contribution in [3.63, 3.8) is 0 Å². The van der Waals surface area contributed by atoms with Crippen LogP contribution in [0.15, 0.2) is 36.5 Å². The lowest BCUT2D eigenvalue weighted by Gasteiger charge is -2.18. The highest BCUT2D eigenvalue weighted by Gasteiger charge is 2.42. The summed E-state index contributed by atoms with van der Waals surface area (Å²) in [5.41, 5.74) is 6.69. The molecule has 1 amide bonds. The van der Waals surface area contributed by atoms with Crippen molar-refractivity contribution < 1.29 is 9.53 Å². The van der Waals surface area contributed by atoms with Gasteiger partial charge in [-0.3, -0.25) is 4.79 Å². The maximum absolute atomic E-state index is 12.7. The van der Waals surface area contributed by atoms with Crippen LogP contribution in [0.2, 0.25) is 10.0 Å². The minimum Gasteiger partial charge on any atom is -0.437 e. The third-order valence-electron chi connectivity index (χ3n) is 5.31. The minimum absolute atomic E-state index is 0.00793. The molecule has 7 heteroatoms. The van der Waals surface area contributed by atoms with E-state index in [0.717, 1.165) is 25.9 Å². The van der Waals surface area contributed by atoms with Crippen molar-refractivity contribution in [2.24, 2.45) is 17.6 Å². The summed E-state index contributed by atoms with van der Waals surface area (Å²) in [7, 11) is 0. The van der Waals surface area contributed by atoms with Gasteiger partial charge < -0.3 is 15.4 Å². The summed E-state index contributed by atoms with van der Waals surface area (Å²) in [5.74, 6) is 1.73. The van der Waals surface area contributed by atoms with Gasteiger partial charge in [-0.05, 0) is 42.9 Å². The van der Waals surface area contributed by atoms with Gasteiger partial charge in [0.25, 0.3) is 5.91 Å². The standard InChI is InChI=1S/C19H19Cl2N3O2/c20-14-2-1-3-16(18(14)21)26-17-7-5-11(8-23-17)19(25)24-9-12-4-6-15(22)13(12)10-24/h1-3,5,7-8,12-13,15H,4,6,9-10,22H2. The van der Waals surface area contributed by atoms with Crippen LogP contribution in [-0.2, 0) is 0 Å². The van der Waals surface area contributed by atoms with Crippen LogP contribution in [0.1, 0.15) is 23.2 Å². The highest BCUT2D eigenvalue weighted by molar-refractivity contribution is 6.42. The monoisotopic (exact) mass is 391 g/mol. The van der Waals surface area contributed by atoms with Gasteiger partial charge in [0.1, 0.15) is 10.8 Å². The molecule has 5 nitrogen and oxygen atoms in total. The van der Waals surface area contributed by atoms with Crippen LogP contribution in [0.4, 0.5) is 0 Å². The predicted molar refractivity (Wildman–Crippen MR) is 101 cm³/mol. The molecule has 4 rings (SSSR count). The summed E-state index contributed by atoms with van der Waals surface area (Å²) < 4.78 is 5.66. The molecule has 2 N–H and O–H groups in total. The first-order valence-electron chi connectivity index (χ1n) is 8.65. The molecule has 1 saturated heterocycles. The normalized spacial score (nSPS) is 24.6. The molecular formula is C19H19Cl2N3O2. The summed E-state index contributed by atoms with van der Waals surface area (Å²) in [6.45, 7) is 1.52. The molecule has 2 fully saturated rings. The summed E-state index contributed by atoms with van der Waals surface area (Å²) in [6.07, 6.45) is 3.71. The first kappa shape index (κ1) is 17.6. The summed E-state index contributed by atoms with van der Waals surface area (Å²) >= 11 is 12.1. The molecule has 3 atom stereocenters. The van der Waals surface area contributed by atoms with E-state index in [4.69, 9.17) is 33.7 Å². The molecule has 1 aliphatic carbocycles. The Morgan fingerprint density at radius 1 is 1.19 bits per heavy atom. The Hall–Kier alpha value is -1.82. The van der Waals surface area contributed by atoms with Crippen molar-refractivity contribution in [1.82, 2.24) is 9.88 Å². The number of hydrogen-bond acceptors (Lipinski definition) is 4. The minimum atomic E-state index is -0.00793. The van der Waals surface area contributed by atoms with Gasteiger partial charge in [0, 0.05) is 31.4 Å². The van der Waals surface area contributed by atoms with Crippen LogP contribution >= 0.6 is 23.2 Å². The summed E-state index contributed by atoms with van der Waals surface area (Å²) in [5, 5.41) is 0.741. The van der Waals surface area contributed by atoms with E-state index in [9.17, 15) is 4.79 Å². The van der Waals surface area contributed by atoms with Gasteiger partial charge in [0.15, 0.2) is 0 Å². The zero-order chi connectivity index (χ0) is 18.3. The molecule has 1 saturated carbocycles. The number of rotatable bonds is 3. The highest BCUT2D eigenvalue weighted by atomic mass is 35.5. The number of benzene rings is 1. The number of nitrogens with zero attached hydrogens (tertiary/aromatic N) is 2. The van der Waals surface area contributed by atoms with E-state index >= 15 is 0 Å². The van der Waals surface area contributed by atoms with Crippen molar-refractivity contribution >= 4 is 29.1 Å². The molecule has 2 heterocycles. The number of hydrogen-bond donors (Lipinski definition) is 1. The molecule has 1 aromatic carbocycles. The zero-order valence-corrected chi connectivity index (χ0v) is 15.6. The maximum Gasteiger partial charge on any atom is 0.255 e. The lowest BCUT2D eigenvalue weighted by atomic mass is 9.98. The van der Waals surface area contributed by atoms with Gasteiger partial charge in [-0.1, -0.05) is 29.3 Å². The maximum atomic E-state index is 12.7. The van der Waals surface area contributed by atoms with Crippen molar-refractivity contribution in [3.05, 3.63) is 52.1 Å². The number of likely N-dealkylation sites (tertiary alicyclic amines) is 1. The average molecular weight is 392 g/mol. The number of amides is 1. The Labute approximate surface area is 162 Å². The van der Waals surface area contributed by atoms with E-state index in [-0.39, 0.29) is 11.9 Å². The van der Waals surface area contributed by atoms with Crippen LogP contribution in [0.3, 0.4) is 0 Å². The van der Waals surface area contributed by atoms with Crippen molar-refractivity contribution in [1.29, 1.82) is 0 Å². The molecule has 1 aromatic heterocycles. The molecule has 0 radical (unpaired) electrons. The van der Waals surface area contributed by atoms with Gasteiger partial charge in [0.2, 0.25) is 5.88 Å². The predicted octanol–water partition coefficient (Wildman–Crippen LogP) is 3.99. The molecule has 2 aromatic rings. The molecule has 2 aliphatic rings. The number of fused-ring (bicyclic) bond motifs is 1. The van der Waals surface area contributed by atoms with Gasteiger partial charge in [-0.15, -0.1) is 0 Å². The first-order chi connectivity index (χ1) is 12.5. The number of carbonyl (C=O) groups excluding carboxylic acids is 1. The van der Waals surface area contributed by atoms with Crippen LogP contribution in [0.25, 0.3) is 0 Å². The van der Waals surface area contributed by atoms with Gasteiger partial charge in [-0.2, -0.15) is 0 Å². The quantitative estimate of drug-likeness (QED) is 0.858. The van der Waals surface area contributed by atoms with Crippen molar-refractivity contribution in [2.45, 2.75) is 18.9 Å². The summed E-state index contributed by atoms with van der Waals surface area (Å²) in [6, 6.07) is 8.74. The molecule has 26 heavy (non-hydrogen) atoms. The van der Waals surface area contributed by atoms with Crippen molar-refractivity contribution in [3.8, 4) is 11.6 Å². The van der Waals surface area contributed by atoms with Gasteiger partial charge >= 0.3 is 0 Å². The molecule has 3 unspecified atom stereocenters. The molecule has 0 bridgehead atoms. The number of ether oxygens (including phenoxy) is 1. The van der Waals surface area contributed by atoms with Gasteiger partial charge in [-0.25, -0.2) is 4.98 Å². The third kappa shape index (κ3) is 3.27. The van der Waals surface area contributed by atoms with Crippen molar-refractivity contribution in [2.75, 3.05) is 13.1 Å². The van der Waals surface area contributed by atoms with E-state index < -0.39 is 0 Å². The summed E-state index contributed by atoms with van der Waals surface area (Å²) in [4.78, 5) is 18.8. The topological polar surface area (TPSA) is 68.5 Å². The van der Waals surface area contributed by atoms with E-state index in [1.807, 2.05) is 4.90 Å². The van der Waals surface area contributed by atoms with Crippen LogP contribution < -0.4 is 10.5 Å². The fourth-order valence-electron chi connectivity index (χ4n) is 3.90. The van der Waals surface area contributed by atoms with Crippen LogP contribution in [0, 0.1) is 11.8 Å². The van der Waals surface area contributed by atoms with E-state index in [0.29, 0.717) is 39.1 Å². The fourth-order valence-corrected chi connectivity index (χ4v) is 4.23. The second kappa shape index (κ2) is 7.06. The number of nitrogens with two attached hydrogens (primary N) is 1. The number of carbonyl (C=O) groups is 1. The lowest BCUT2D eigenvalue weighted by molar-refractivity contribution is 0.0779. The average Bonchev–Trinajstić information content (AvgIpc) is 3.21. The number of aromatic nitrogens is 1. The second-order valence-electron chi connectivity index (χ2n) is 6.91. The van der Waals surface area contributed by atoms with E-state index in [1.54, 1.807) is 30.3 Å². The van der Waals surface area contributed by atoms with E-state index in [2.05, 4.69) is 4.98 Å². The molecule has 0 spiro atoms. The number of pyridine rings is 1. The SMILES string of the molecule is NC1CCC2CN(C(=O)c3ccc(Oc4cccc(Cl)c4Cl)nc3)CC12. The van der Waals surface area contributed by atoms with Crippen LogP contribution in [0.5, 0.6) is 11.6 Å². The fraction of sp³-hybridized carbons (Fsp3) is 0.368. The number of halogens is 2. The smallest absolute Gasteiger partial charge is 0.255 e. The Kier molecular flexibility index (Phi) is 4.78. The largest absolute Gasteiger partial charge is 0.437 e. The Morgan fingerprint density at radius 2 is 2.04 bits per heavy atom. The third-order valence-corrected chi connectivity index (χ3v) is 6.12.